The fourth-order valence-electron chi connectivity index (χ4n) is 1.51. The fourth-order valence-corrected chi connectivity index (χ4v) is 1.51. The van der Waals surface area contributed by atoms with Gasteiger partial charge >= 0.3 is 0 Å². The highest BCUT2D eigenvalue weighted by molar-refractivity contribution is 5.53. The summed E-state index contributed by atoms with van der Waals surface area (Å²) in [6.07, 6.45) is 0.904. The highest BCUT2D eigenvalue weighted by Gasteiger charge is 2.07. The van der Waals surface area contributed by atoms with Gasteiger partial charge in [-0.25, -0.2) is 4.68 Å². The fraction of sp³-hybridized carbons (Fsp3) is 0.364. The predicted octanol–water partition coefficient (Wildman–Crippen LogP) is 1.38. The Bertz CT molecular complexity index is 427. The van der Waals surface area contributed by atoms with E-state index in [0.717, 1.165) is 24.4 Å². The Balaban J connectivity index is 2.13. The second-order valence-electron chi connectivity index (χ2n) is 3.44. The highest BCUT2D eigenvalue weighted by Crippen LogP contribution is 2.14. The molecule has 1 aromatic heterocycles. The van der Waals surface area contributed by atoms with Crippen LogP contribution in [0.3, 0.4) is 0 Å². The van der Waals surface area contributed by atoms with Crippen LogP contribution in [0.25, 0.3) is 11.4 Å². The number of aryl methyl sites for hydroxylation is 1. The molecule has 0 bridgehead atoms. The average Bonchev–Trinajstić information content (AvgIpc) is 2.79. The molecule has 0 N–H and O–H groups in total. The van der Waals surface area contributed by atoms with Crippen LogP contribution in [0.1, 0.15) is 6.42 Å². The third-order valence-corrected chi connectivity index (χ3v) is 2.28. The maximum atomic E-state index is 5.00. The number of aromatic nitrogens is 4. The first kappa shape index (κ1) is 10.8. The minimum absolute atomic E-state index is 0.716. The van der Waals surface area contributed by atoms with E-state index in [1.54, 1.807) is 11.8 Å². The summed E-state index contributed by atoms with van der Waals surface area (Å²) in [7, 11) is 1.69. The monoisotopic (exact) mass is 218 g/mol. The number of tetrazole rings is 1. The van der Waals surface area contributed by atoms with Crippen molar-refractivity contribution in [3.05, 3.63) is 30.3 Å². The Kier molecular flexibility index (Phi) is 3.61. The first-order chi connectivity index (χ1) is 7.92. The van der Waals surface area contributed by atoms with Crippen molar-refractivity contribution in [2.45, 2.75) is 13.0 Å². The van der Waals surface area contributed by atoms with Gasteiger partial charge in [0.1, 0.15) is 0 Å². The zero-order valence-electron chi connectivity index (χ0n) is 9.21. The average molecular weight is 218 g/mol. The molecule has 0 unspecified atom stereocenters. The molecule has 2 aromatic rings. The lowest BCUT2D eigenvalue weighted by Gasteiger charge is -2.03. The van der Waals surface area contributed by atoms with Gasteiger partial charge in [-0.15, -0.1) is 5.10 Å². The molecule has 0 fully saturated rings. The normalized spacial score (nSPS) is 10.6. The predicted molar refractivity (Wildman–Crippen MR) is 59.7 cm³/mol. The van der Waals surface area contributed by atoms with E-state index in [4.69, 9.17) is 4.74 Å². The summed E-state index contributed by atoms with van der Waals surface area (Å²) in [4.78, 5) is 0. The molecule has 16 heavy (non-hydrogen) atoms. The van der Waals surface area contributed by atoms with Crippen LogP contribution in [0, 0.1) is 0 Å². The second kappa shape index (κ2) is 5.37. The van der Waals surface area contributed by atoms with Crippen molar-refractivity contribution in [3.63, 3.8) is 0 Å². The van der Waals surface area contributed by atoms with E-state index in [9.17, 15) is 0 Å². The van der Waals surface area contributed by atoms with Crippen molar-refractivity contribution in [2.75, 3.05) is 13.7 Å². The molecule has 0 aliphatic rings. The number of hydrogen-bond donors (Lipinski definition) is 0. The summed E-state index contributed by atoms with van der Waals surface area (Å²) >= 11 is 0. The molecule has 5 nitrogen and oxygen atoms in total. The van der Waals surface area contributed by atoms with Gasteiger partial charge < -0.3 is 4.74 Å². The van der Waals surface area contributed by atoms with E-state index in [0.29, 0.717) is 6.61 Å². The van der Waals surface area contributed by atoms with Crippen molar-refractivity contribution >= 4 is 0 Å². The number of ether oxygens (including phenoxy) is 1. The van der Waals surface area contributed by atoms with Crippen LogP contribution < -0.4 is 0 Å². The van der Waals surface area contributed by atoms with Crippen LogP contribution in [0.2, 0.25) is 0 Å². The smallest absolute Gasteiger partial charge is 0.182 e. The molecule has 0 spiro atoms. The van der Waals surface area contributed by atoms with Gasteiger partial charge in [-0.05, 0) is 16.8 Å². The number of methoxy groups -OCH3 is 1. The molecule has 0 aliphatic heterocycles. The third-order valence-electron chi connectivity index (χ3n) is 2.28. The van der Waals surface area contributed by atoms with Crippen LogP contribution >= 0.6 is 0 Å². The van der Waals surface area contributed by atoms with Crippen LogP contribution in [0.5, 0.6) is 0 Å². The Labute approximate surface area is 94.0 Å². The second-order valence-corrected chi connectivity index (χ2v) is 3.44. The summed E-state index contributed by atoms with van der Waals surface area (Å²) < 4.78 is 6.80. The summed E-state index contributed by atoms with van der Waals surface area (Å²) in [6.45, 7) is 1.49. The number of rotatable bonds is 5. The lowest BCUT2D eigenvalue weighted by Crippen LogP contribution is -2.05. The lowest BCUT2D eigenvalue weighted by molar-refractivity contribution is 0.189. The molecule has 0 saturated heterocycles. The van der Waals surface area contributed by atoms with Gasteiger partial charge in [-0.1, -0.05) is 30.3 Å². The molecule has 84 valence electrons. The number of benzene rings is 1. The van der Waals surface area contributed by atoms with Crippen molar-refractivity contribution < 1.29 is 4.74 Å². The molecule has 1 aromatic carbocycles. The summed E-state index contributed by atoms with van der Waals surface area (Å²) in [5.41, 5.74) is 1.03. The van der Waals surface area contributed by atoms with Gasteiger partial charge in [-0.3, -0.25) is 0 Å². The molecule has 0 aliphatic carbocycles. The molecule has 1 heterocycles. The van der Waals surface area contributed by atoms with Gasteiger partial charge in [0.25, 0.3) is 0 Å². The molecule has 0 amide bonds. The Morgan fingerprint density at radius 3 is 2.81 bits per heavy atom. The lowest BCUT2D eigenvalue weighted by atomic mass is 10.2. The van der Waals surface area contributed by atoms with E-state index in [-0.39, 0.29) is 0 Å². The summed E-state index contributed by atoms with van der Waals surface area (Å²) in [6, 6.07) is 9.92. The van der Waals surface area contributed by atoms with E-state index in [1.807, 2.05) is 30.3 Å². The summed E-state index contributed by atoms with van der Waals surface area (Å²) in [5, 5.41) is 11.7. The molecule has 0 atom stereocenters. The Hall–Kier alpha value is -1.75. The van der Waals surface area contributed by atoms with Crippen LogP contribution in [-0.2, 0) is 11.3 Å². The first-order valence-electron chi connectivity index (χ1n) is 5.22. The first-order valence-corrected chi connectivity index (χ1v) is 5.22. The van der Waals surface area contributed by atoms with Gasteiger partial charge in [0.2, 0.25) is 0 Å². The summed E-state index contributed by atoms with van der Waals surface area (Å²) in [5.74, 6) is 0.803. The largest absolute Gasteiger partial charge is 0.385 e. The Morgan fingerprint density at radius 2 is 2.06 bits per heavy atom. The maximum absolute atomic E-state index is 5.00. The van der Waals surface area contributed by atoms with Gasteiger partial charge in [0, 0.05) is 25.8 Å². The zero-order valence-corrected chi connectivity index (χ0v) is 9.21. The van der Waals surface area contributed by atoms with Crippen LogP contribution in [-0.4, -0.2) is 33.9 Å². The highest BCUT2D eigenvalue weighted by atomic mass is 16.5. The molecule has 0 radical (unpaired) electrons. The standard InChI is InChI=1S/C11H14N4O/c1-16-9-5-8-15-11(12-13-14-15)10-6-3-2-4-7-10/h2-4,6-7H,5,8-9H2,1H3. The molecule has 5 heteroatoms. The van der Waals surface area contributed by atoms with Crippen LogP contribution in [0.4, 0.5) is 0 Å². The molecule has 2 rings (SSSR count). The molecular formula is C11H14N4O. The van der Waals surface area contributed by atoms with Crippen molar-refractivity contribution in [2.24, 2.45) is 0 Å². The topological polar surface area (TPSA) is 52.8 Å². The Morgan fingerprint density at radius 1 is 1.25 bits per heavy atom. The quantitative estimate of drug-likeness (QED) is 0.711. The van der Waals surface area contributed by atoms with Crippen molar-refractivity contribution in [1.29, 1.82) is 0 Å². The maximum Gasteiger partial charge on any atom is 0.182 e. The SMILES string of the molecule is COCCCn1nnnc1-c1ccccc1. The van der Waals surface area contributed by atoms with Crippen LogP contribution in [0.15, 0.2) is 30.3 Å². The van der Waals surface area contributed by atoms with E-state index >= 15 is 0 Å². The molecule has 0 saturated carbocycles. The minimum Gasteiger partial charge on any atom is -0.385 e. The number of nitrogens with zero attached hydrogens (tertiary/aromatic N) is 4. The number of hydrogen-bond acceptors (Lipinski definition) is 4. The third kappa shape index (κ3) is 2.43. The van der Waals surface area contributed by atoms with Gasteiger partial charge in [0.15, 0.2) is 5.82 Å². The van der Waals surface area contributed by atoms with E-state index in [2.05, 4.69) is 15.5 Å². The van der Waals surface area contributed by atoms with E-state index < -0.39 is 0 Å². The van der Waals surface area contributed by atoms with Crippen molar-refractivity contribution in [1.82, 2.24) is 20.2 Å². The van der Waals surface area contributed by atoms with Gasteiger partial charge in [0.05, 0.1) is 0 Å². The van der Waals surface area contributed by atoms with E-state index in [1.165, 1.54) is 0 Å². The van der Waals surface area contributed by atoms with Crippen molar-refractivity contribution in [3.8, 4) is 11.4 Å². The van der Waals surface area contributed by atoms with Gasteiger partial charge in [-0.2, -0.15) is 0 Å². The molecular weight excluding hydrogens is 204 g/mol. The zero-order chi connectivity index (χ0) is 11.2. The minimum atomic E-state index is 0.716.